The number of carbonyl (C=O) groups excluding carboxylic acids is 1. The van der Waals surface area contributed by atoms with Crippen molar-refractivity contribution in [3.63, 3.8) is 0 Å². The van der Waals surface area contributed by atoms with Crippen molar-refractivity contribution in [3.8, 4) is 0 Å². The number of rotatable bonds is 3. The van der Waals surface area contributed by atoms with Crippen molar-refractivity contribution >= 4 is 5.91 Å². The van der Waals surface area contributed by atoms with E-state index < -0.39 is 11.6 Å². The molecule has 1 aliphatic rings. The summed E-state index contributed by atoms with van der Waals surface area (Å²) in [5, 5.41) is 8.85. The molecule has 1 unspecified atom stereocenters. The predicted molar refractivity (Wildman–Crippen MR) is 62.9 cm³/mol. The summed E-state index contributed by atoms with van der Waals surface area (Å²) in [6.45, 7) is 2.34. The van der Waals surface area contributed by atoms with Gasteiger partial charge in [0.05, 0.1) is 6.04 Å². The number of piperazine rings is 1. The lowest BCUT2D eigenvalue weighted by atomic mass is 10.2. The number of nitrogens with one attached hydrogen (secondary N) is 3. The van der Waals surface area contributed by atoms with Gasteiger partial charge in [-0.15, -0.1) is 0 Å². The Kier molecular flexibility index (Phi) is 4.22. The quantitative estimate of drug-likeness (QED) is 0.720. The summed E-state index contributed by atoms with van der Waals surface area (Å²) in [6, 6.07) is 3.31. The lowest BCUT2D eigenvalue weighted by Gasteiger charge is -2.23. The second-order valence-electron chi connectivity index (χ2n) is 4.18. The van der Waals surface area contributed by atoms with Gasteiger partial charge in [0.25, 0.3) is 0 Å². The van der Waals surface area contributed by atoms with Crippen LogP contribution in [0, 0.1) is 11.6 Å². The van der Waals surface area contributed by atoms with Crippen LogP contribution in [0.25, 0.3) is 0 Å². The van der Waals surface area contributed by atoms with E-state index in [-0.39, 0.29) is 18.5 Å². The molecule has 1 amide bonds. The molecule has 0 aromatic heterocycles. The third-order valence-corrected chi connectivity index (χ3v) is 2.81. The van der Waals surface area contributed by atoms with E-state index >= 15 is 0 Å². The zero-order valence-corrected chi connectivity index (χ0v) is 9.80. The number of amides is 1. The first-order valence-corrected chi connectivity index (χ1v) is 5.82. The molecule has 1 aromatic carbocycles. The van der Waals surface area contributed by atoms with Crippen LogP contribution in [0.5, 0.6) is 0 Å². The first kappa shape index (κ1) is 12.9. The van der Waals surface area contributed by atoms with E-state index in [1.165, 1.54) is 6.07 Å². The zero-order chi connectivity index (χ0) is 13.0. The van der Waals surface area contributed by atoms with Crippen LogP contribution in [0.2, 0.25) is 0 Å². The van der Waals surface area contributed by atoms with Crippen LogP contribution in [0.3, 0.4) is 0 Å². The fourth-order valence-corrected chi connectivity index (χ4v) is 1.80. The fourth-order valence-electron chi connectivity index (χ4n) is 1.80. The molecule has 1 atom stereocenters. The maximum Gasteiger partial charge on any atom is 0.238 e. The fraction of sp³-hybridized carbons (Fsp3) is 0.417. The van der Waals surface area contributed by atoms with Crippen LogP contribution in [-0.2, 0) is 11.3 Å². The molecule has 0 radical (unpaired) electrons. The summed E-state index contributed by atoms with van der Waals surface area (Å²) in [6.07, 6.45) is 0. The molecule has 0 aliphatic carbocycles. The van der Waals surface area contributed by atoms with Gasteiger partial charge >= 0.3 is 0 Å². The van der Waals surface area contributed by atoms with Crippen LogP contribution in [0.4, 0.5) is 8.78 Å². The second kappa shape index (κ2) is 5.88. The van der Waals surface area contributed by atoms with Gasteiger partial charge in [-0.3, -0.25) is 4.79 Å². The van der Waals surface area contributed by atoms with Crippen molar-refractivity contribution in [1.29, 1.82) is 0 Å². The van der Waals surface area contributed by atoms with Gasteiger partial charge in [-0.05, 0) is 17.7 Å². The molecule has 4 nitrogen and oxygen atoms in total. The van der Waals surface area contributed by atoms with E-state index in [0.29, 0.717) is 12.1 Å². The van der Waals surface area contributed by atoms with E-state index in [1.807, 2.05) is 0 Å². The predicted octanol–water partition coefficient (Wildman–Crippen LogP) is 0.142. The van der Waals surface area contributed by atoms with Crippen molar-refractivity contribution in [2.24, 2.45) is 0 Å². The van der Waals surface area contributed by atoms with Crippen LogP contribution in [-0.4, -0.2) is 31.6 Å². The Morgan fingerprint density at radius 2 is 2.17 bits per heavy atom. The first-order valence-electron chi connectivity index (χ1n) is 5.82. The minimum Gasteiger partial charge on any atom is -0.351 e. The molecule has 2 rings (SSSR count). The standard InChI is InChI=1S/C12H15F2N3O/c13-9-2-1-8(5-10(9)14)6-17-12(18)11-7-15-3-4-16-11/h1-2,5,11,15-16H,3-4,6-7H2,(H,17,18). The minimum atomic E-state index is -0.904. The third-order valence-electron chi connectivity index (χ3n) is 2.81. The molecule has 1 aromatic rings. The highest BCUT2D eigenvalue weighted by molar-refractivity contribution is 5.82. The second-order valence-corrected chi connectivity index (χ2v) is 4.18. The first-order chi connectivity index (χ1) is 8.66. The minimum absolute atomic E-state index is 0.146. The molecule has 1 heterocycles. The number of hydrogen-bond acceptors (Lipinski definition) is 3. The van der Waals surface area contributed by atoms with Gasteiger partial charge in [0.15, 0.2) is 11.6 Å². The summed E-state index contributed by atoms with van der Waals surface area (Å²) in [5.74, 6) is -1.94. The Morgan fingerprint density at radius 1 is 1.33 bits per heavy atom. The summed E-state index contributed by atoms with van der Waals surface area (Å²) >= 11 is 0. The number of carbonyl (C=O) groups is 1. The molecular weight excluding hydrogens is 240 g/mol. The average molecular weight is 255 g/mol. The van der Waals surface area contributed by atoms with Crippen molar-refractivity contribution < 1.29 is 13.6 Å². The maximum atomic E-state index is 12.9. The van der Waals surface area contributed by atoms with E-state index in [0.717, 1.165) is 25.2 Å². The maximum absolute atomic E-state index is 12.9. The highest BCUT2D eigenvalue weighted by atomic mass is 19.2. The van der Waals surface area contributed by atoms with Crippen LogP contribution in [0.15, 0.2) is 18.2 Å². The molecule has 1 saturated heterocycles. The van der Waals surface area contributed by atoms with Gasteiger partial charge in [-0.25, -0.2) is 8.78 Å². The van der Waals surface area contributed by atoms with E-state index in [1.54, 1.807) is 0 Å². The number of hydrogen-bond donors (Lipinski definition) is 3. The normalized spacial score (nSPS) is 19.6. The Morgan fingerprint density at radius 3 is 2.83 bits per heavy atom. The Hall–Kier alpha value is -1.53. The highest BCUT2D eigenvalue weighted by Crippen LogP contribution is 2.08. The lowest BCUT2D eigenvalue weighted by Crippen LogP contribution is -2.55. The summed E-state index contributed by atoms with van der Waals surface area (Å²) < 4.78 is 25.7. The topological polar surface area (TPSA) is 53.2 Å². The molecule has 6 heteroatoms. The Labute approximate surface area is 104 Å². The monoisotopic (exact) mass is 255 g/mol. The largest absolute Gasteiger partial charge is 0.351 e. The van der Waals surface area contributed by atoms with Gasteiger partial charge in [-0.1, -0.05) is 6.07 Å². The van der Waals surface area contributed by atoms with Crippen molar-refractivity contribution in [3.05, 3.63) is 35.4 Å². The number of halogens is 2. The summed E-state index contributed by atoms with van der Waals surface area (Å²) in [5.41, 5.74) is 0.533. The van der Waals surface area contributed by atoms with Gasteiger partial charge in [-0.2, -0.15) is 0 Å². The van der Waals surface area contributed by atoms with Crippen LogP contribution >= 0.6 is 0 Å². The van der Waals surface area contributed by atoms with Crippen molar-refractivity contribution in [2.45, 2.75) is 12.6 Å². The summed E-state index contributed by atoms with van der Waals surface area (Å²) in [4.78, 5) is 11.7. The Bertz CT molecular complexity index is 433. The van der Waals surface area contributed by atoms with Crippen molar-refractivity contribution in [1.82, 2.24) is 16.0 Å². The number of benzene rings is 1. The van der Waals surface area contributed by atoms with Crippen LogP contribution < -0.4 is 16.0 Å². The zero-order valence-electron chi connectivity index (χ0n) is 9.80. The van der Waals surface area contributed by atoms with E-state index in [9.17, 15) is 13.6 Å². The third kappa shape index (κ3) is 3.24. The van der Waals surface area contributed by atoms with E-state index in [2.05, 4.69) is 16.0 Å². The SMILES string of the molecule is O=C(NCc1ccc(F)c(F)c1)C1CNCCN1. The van der Waals surface area contributed by atoms with Crippen molar-refractivity contribution in [2.75, 3.05) is 19.6 Å². The van der Waals surface area contributed by atoms with Crippen LogP contribution in [0.1, 0.15) is 5.56 Å². The molecule has 3 N–H and O–H groups in total. The molecule has 1 aliphatic heterocycles. The molecule has 0 bridgehead atoms. The molecule has 0 saturated carbocycles. The van der Waals surface area contributed by atoms with Gasteiger partial charge in [0.2, 0.25) is 5.91 Å². The molecular formula is C12H15F2N3O. The molecule has 18 heavy (non-hydrogen) atoms. The highest BCUT2D eigenvalue weighted by Gasteiger charge is 2.19. The molecule has 0 spiro atoms. The molecule has 1 fully saturated rings. The average Bonchev–Trinajstić information content (AvgIpc) is 2.41. The van der Waals surface area contributed by atoms with Gasteiger partial charge < -0.3 is 16.0 Å². The summed E-state index contributed by atoms with van der Waals surface area (Å²) in [7, 11) is 0. The van der Waals surface area contributed by atoms with E-state index in [4.69, 9.17) is 0 Å². The molecule has 98 valence electrons. The smallest absolute Gasteiger partial charge is 0.238 e. The Balaban J connectivity index is 1.86. The van der Waals surface area contributed by atoms with Gasteiger partial charge in [0.1, 0.15) is 0 Å². The van der Waals surface area contributed by atoms with Gasteiger partial charge in [0, 0.05) is 26.2 Å². The lowest BCUT2D eigenvalue weighted by molar-refractivity contribution is -0.123.